The minimum Gasteiger partial charge on any atom is -0.493 e. The minimum atomic E-state index is -0.600. The van der Waals surface area contributed by atoms with E-state index in [1.165, 1.54) is 18.2 Å². The van der Waals surface area contributed by atoms with Crippen LogP contribution in [0.5, 0.6) is 11.5 Å². The second-order valence-corrected chi connectivity index (χ2v) is 6.50. The molecule has 0 aliphatic heterocycles. The third kappa shape index (κ3) is 4.40. The topological polar surface area (TPSA) is 99.5 Å². The second-order valence-electron chi connectivity index (χ2n) is 6.50. The number of methoxy groups -OCH3 is 2. The predicted molar refractivity (Wildman–Crippen MR) is 108 cm³/mol. The van der Waals surface area contributed by atoms with Crippen LogP contribution in [0.1, 0.15) is 16.2 Å². The largest absolute Gasteiger partial charge is 0.493 e. The number of carbonyl (C=O) groups is 1. The van der Waals surface area contributed by atoms with Crippen molar-refractivity contribution in [3.05, 3.63) is 71.8 Å². The van der Waals surface area contributed by atoms with Gasteiger partial charge in [0.1, 0.15) is 23.8 Å². The molecule has 0 atom stereocenters. The molecule has 0 radical (unpaired) electrons. The van der Waals surface area contributed by atoms with Crippen molar-refractivity contribution in [1.29, 1.82) is 0 Å². The fraction of sp³-hybridized carbons (Fsp3) is 0.136. The summed E-state index contributed by atoms with van der Waals surface area (Å²) < 4.78 is 34.2. The third-order valence-electron chi connectivity index (χ3n) is 4.52. The Morgan fingerprint density at radius 3 is 2.48 bits per heavy atom. The maximum atomic E-state index is 13.1. The smallest absolute Gasteiger partial charge is 0.356 e. The summed E-state index contributed by atoms with van der Waals surface area (Å²) in [6.45, 7) is -0.0828. The van der Waals surface area contributed by atoms with Gasteiger partial charge in [-0.05, 0) is 48.5 Å². The van der Waals surface area contributed by atoms with Crippen LogP contribution in [0.25, 0.3) is 22.6 Å². The molecule has 4 aromatic rings. The quantitative estimate of drug-likeness (QED) is 0.444. The zero-order chi connectivity index (χ0) is 21.8. The molecular weight excluding hydrogens is 405 g/mol. The van der Waals surface area contributed by atoms with E-state index in [9.17, 15) is 9.18 Å². The van der Waals surface area contributed by atoms with Gasteiger partial charge in [-0.2, -0.15) is 5.10 Å². The van der Waals surface area contributed by atoms with Gasteiger partial charge in [-0.25, -0.2) is 9.18 Å². The van der Waals surface area contributed by atoms with Gasteiger partial charge in [0.15, 0.2) is 17.3 Å². The number of ether oxygens (including phenoxy) is 3. The maximum absolute atomic E-state index is 13.1. The summed E-state index contributed by atoms with van der Waals surface area (Å²) in [6.07, 6.45) is 0. The van der Waals surface area contributed by atoms with Crippen LogP contribution in [0.4, 0.5) is 4.39 Å². The van der Waals surface area contributed by atoms with Gasteiger partial charge in [-0.3, -0.25) is 5.10 Å². The van der Waals surface area contributed by atoms with E-state index in [2.05, 4.69) is 15.4 Å². The summed E-state index contributed by atoms with van der Waals surface area (Å²) in [4.78, 5) is 12.3. The summed E-state index contributed by atoms with van der Waals surface area (Å²) in [5.74, 6) is 0.697. The number of aromatic nitrogens is 3. The first-order valence-corrected chi connectivity index (χ1v) is 9.24. The lowest BCUT2D eigenvalue weighted by Gasteiger charge is -2.07. The Bertz CT molecular complexity index is 1200. The lowest BCUT2D eigenvalue weighted by molar-refractivity contribution is 0.0457. The molecule has 1 N–H and O–H groups in total. The van der Waals surface area contributed by atoms with E-state index in [1.807, 2.05) is 0 Å². The number of hydrogen-bond donors (Lipinski definition) is 1. The van der Waals surface area contributed by atoms with Crippen molar-refractivity contribution >= 4 is 5.97 Å². The van der Waals surface area contributed by atoms with Gasteiger partial charge in [0.25, 0.3) is 0 Å². The molecule has 0 bridgehead atoms. The third-order valence-corrected chi connectivity index (χ3v) is 4.52. The number of rotatable bonds is 7. The zero-order valence-electron chi connectivity index (χ0n) is 16.7. The van der Waals surface area contributed by atoms with Gasteiger partial charge in [0.05, 0.1) is 19.9 Å². The van der Waals surface area contributed by atoms with Crippen LogP contribution < -0.4 is 9.47 Å². The molecule has 31 heavy (non-hydrogen) atoms. The van der Waals surface area contributed by atoms with Gasteiger partial charge in [-0.15, -0.1) is 0 Å². The highest BCUT2D eigenvalue weighted by Crippen LogP contribution is 2.32. The Labute approximate surface area is 176 Å². The Kier molecular flexibility index (Phi) is 5.65. The SMILES string of the molecule is COc1ccc(-c2cc(COC(=O)c3cc(-c4ccc(F)cc4)n[nH]3)no2)cc1OC. The van der Waals surface area contributed by atoms with Crippen molar-refractivity contribution < 1.29 is 27.9 Å². The highest BCUT2D eigenvalue weighted by molar-refractivity contribution is 5.88. The van der Waals surface area contributed by atoms with Gasteiger partial charge in [0.2, 0.25) is 0 Å². The van der Waals surface area contributed by atoms with Crippen LogP contribution in [-0.4, -0.2) is 35.5 Å². The van der Waals surface area contributed by atoms with E-state index in [0.717, 1.165) is 5.56 Å². The number of nitrogens with zero attached hydrogens (tertiary/aromatic N) is 2. The molecule has 0 saturated heterocycles. The van der Waals surface area contributed by atoms with E-state index in [0.29, 0.717) is 34.2 Å². The average molecular weight is 423 g/mol. The standard InChI is InChI=1S/C22H18FN3O5/c1-28-19-8-5-14(9-21(19)29-2)20-10-16(26-31-20)12-30-22(27)18-11-17(24-25-18)13-3-6-15(23)7-4-13/h3-11H,12H2,1-2H3,(H,24,25). The summed E-state index contributed by atoms with van der Waals surface area (Å²) in [5.41, 5.74) is 2.52. The number of hydrogen-bond acceptors (Lipinski definition) is 7. The molecule has 0 amide bonds. The Morgan fingerprint density at radius 1 is 1.00 bits per heavy atom. The van der Waals surface area contributed by atoms with Crippen molar-refractivity contribution in [2.45, 2.75) is 6.61 Å². The summed E-state index contributed by atoms with van der Waals surface area (Å²) in [6, 6.07) is 14.3. The van der Waals surface area contributed by atoms with E-state index in [1.54, 1.807) is 50.6 Å². The molecule has 158 valence electrons. The monoisotopic (exact) mass is 423 g/mol. The number of esters is 1. The molecule has 0 aliphatic rings. The van der Waals surface area contributed by atoms with Gasteiger partial charge < -0.3 is 18.7 Å². The Hall–Kier alpha value is -4.14. The van der Waals surface area contributed by atoms with Crippen LogP contribution in [0, 0.1) is 5.82 Å². The number of carbonyl (C=O) groups excluding carboxylic acids is 1. The van der Waals surface area contributed by atoms with Crippen LogP contribution in [0.15, 0.2) is 59.1 Å². The first-order valence-electron chi connectivity index (χ1n) is 9.24. The molecule has 0 fully saturated rings. The molecule has 2 heterocycles. The van der Waals surface area contributed by atoms with E-state index in [-0.39, 0.29) is 18.1 Å². The summed E-state index contributed by atoms with van der Waals surface area (Å²) in [5, 5.41) is 10.6. The van der Waals surface area contributed by atoms with Crippen LogP contribution in [0.3, 0.4) is 0 Å². The fourth-order valence-electron chi connectivity index (χ4n) is 2.92. The van der Waals surface area contributed by atoms with Crippen molar-refractivity contribution in [1.82, 2.24) is 15.4 Å². The molecule has 8 nitrogen and oxygen atoms in total. The van der Waals surface area contributed by atoms with Crippen LogP contribution in [-0.2, 0) is 11.3 Å². The molecule has 2 aromatic carbocycles. The van der Waals surface area contributed by atoms with Gasteiger partial charge in [-0.1, -0.05) is 5.16 Å². The normalized spacial score (nSPS) is 10.7. The zero-order valence-corrected chi connectivity index (χ0v) is 16.7. The van der Waals surface area contributed by atoms with Crippen LogP contribution in [0.2, 0.25) is 0 Å². The molecular formula is C22H18FN3O5. The Balaban J connectivity index is 1.41. The first-order chi connectivity index (χ1) is 15.1. The van der Waals surface area contributed by atoms with E-state index < -0.39 is 5.97 Å². The predicted octanol–water partition coefficient (Wildman–Crippen LogP) is 4.25. The molecule has 0 unspecified atom stereocenters. The second kappa shape index (κ2) is 8.70. The molecule has 9 heteroatoms. The number of H-pyrrole nitrogens is 1. The van der Waals surface area contributed by atoms with Crippen molar-refractivity contribution in [3.8, 4) is 34.1 Å². The van der Waals surface area contributed by atoms with Crippen molar-refractivity contribution in [3.63, 3.8) is 0 Å². The first kappa shape index (κ1) is 20.1. The number of benzene rings is 2. The van der Waals surface area contributed by atoms with Crippen molar-refractivity contribution in [2.24, 2.45) is 0 Å². The summed E-state index contributed by atoms with van der Waals surface area (Å²) in [7, 11) is 3.10. The molecule has 0 saturated carbocycles. The van der Waals surface area contributed by atoms with E-state index in [4.69, 9.17) is 18.7 Å². The van der Waals surface area contributed by atoms with Gasteiger partial charge in [0, 0.05) is 17.2 Å². The lowest BCUT2D eigenvalue weighted by atomic mass is 10.1. The maximum Gasteiger partial charge on any atom is 0.356 e. The van der Waals surface area contributed by atoms with Crippen LogP contribution >= 0.6 is 0 Å². The highest BCUT2D eigenvalue weighted by atomic mass is 19.1. The number of aromatic amines is 1. The molecule has 2 aromatic heterocycles. The Morgan fingerprint density at radius 2 is 1.74 bits per heavy atom. The average Bonchev–Trinajstić information content (AvgIpc) is 3.48. The van der Waals surface area contributed by atoms with E-state index >= 15 is 0 Å². The molecule has 4 rings (SSSR count). The molecule has 0 aliphatic carbocycles. The summed E-state index contributed by atoms with van der Waals surface area (Å²) >= 11 is 0. The molecule has 0 spiro atoms. The van der Waals surface area contributed by atoms with Gasteiger partial charge >= 0.3 is 5.97 Å². The number of halogens is 1. The number of nitrogens with one attached hydrogen (secondary N) is 1. The minimum absolute atomic E-state index is 0.0828. The fourth-order valence-corrected chi connectivity index (χ4v) is 2.92. The van der Waals surface area contributed by atoms with Crippen molar-refractivity contribution in [2.75, 3.05) is 14.2 Å². The lowest BCUT2D eigenvalue weighted by Crippen LogP contribution is -2.05. The highest BCUT2D eigenvalue weighted by Gasteiger charge is 2.15.